The summed E-state index contributed by atoms with van der Waals surface area (Å²) in [5.41, 5.74) is 4.04. The van der Waals surface area contributed by atoms with Crippen molar-refractivity contribution in [2.45, 2.75) is 33.4 Å². The van der Waals surface area contributed by atoms with E-state index in [4.69, 9.17) is 14.2 Å². The number of benzene rings is 2. The van der Waals surface area contributed by atoms with Gasteiger partial charge in [0.2, 0.25) is 0 Å². The number of nitrogens with zero attached hydrogens (tertiary/aromatic N) is 1. The van der Waals surface area contributed by atoms with Gasteiger partial charge < -0.3 is 19.1 Å². The van der Waals surface area contributed by atoms with E-state index in [0.29, 0.717) is 38.5 Å². The summed E-state index contributed by atoms with van der Waals surface area (Å²) in [5.74, 6) is 1.57. The molecular weight excluding hydrogens is 342 g/mol. The van der Waals surface area contributed by atoms with Crippen molar-refractivity contribution in [3.05, 3.63) is 58.7 Å². The Bertz CT molecular complexity index is 803. The largest absolute Gasteiger partial charge is 0.490 e. The van der Waals surface area contributed by atoms with Crippen LogP contribution in [0.15, 0.2) is 36.4 Å². The summed E-state index contributed by atoms with van der Waals surface area (Å²) in [6.45, 7) is 6.87. The fourth-order valence-corrected chi connectivity index (χ4v) is 3.42. The van der Waals surface area contributed by atoms with Crippen LogP contribution < -0.4 is 9.47 Å². The lowest BCUT2D eigenvalue weighted by atomic mass is 9.98. The van der Waals surface area contributed by atoms with E-state index in [0.717, 1.165) is 29.0 Å². The Kier molecular flexibility index (Phi) is 6.35. The van der Waals surface area contributed by atoms with Gasteiger partial charge in [-0.25, -0.2) is 0 Å². The van der Waals surface area contributed by atoms with Gasteiger partial charge in [-0.3, -0.25) is 4.79 Å². The second-order valence-electron chi connectivity index (χ2n) is 6.54. The van der Waals surface area contributed by atoms with Crippen molar-refractivity contribution in [2.75, 3.05) is 26.9 Å². The summed E-state index contributed by atoms with van der Waals surface area (Å²) >= 11 is 0. The molecule has 5 heteroatoms. The van der Waals surface area contributed by atoms with Crippen LogP contribution >= 0.6 is 0 Å². The maximum Gasteiger partial charge on any atom is 0.254 e. The first-order valence-electron chi connectivity index (χ1n) is 9.44. The zero-order chi connectivity index (χ0) is 19.2. The number of carbonyl (C=O) groups is 1. The Morgan fingerprint density at radius 2 is 1.74 bits per heavy atom. The summed E-state index contributed by atoms with van der Waals surface area (Å²) in [6.07, 6.45) is 0.811. The molecule has 0 N–H and O–H groups in total. The quantitative estimate of drug-likeness (QED) is 0.744. The molecule has 0 spiro atoms. The molecule has 27 heavy (non-hydrogen) atoms. The van der Waals surface area contributed by atoms with Gasteiger partial charge in [0.25, 0.3) is 5.91 Å². The van der Waals surface area contributed by atoms with Crippen molar-refractivity contribution in [1.29, 1.82) is 0 Å². The monoisotopic (exact) mass is 369 g/mol. The molecule has 5 nitrogen and oxygen atoms in total. The average molecular weight is 369 g/mol. The topological polar surface area (TPSA) is 48.0 Å². The molecule has 0 aliphatic carbocycles. The normalized spacial score (nSPS) is 13.2. The molecule has 3 rings (SSSR count). The molecule has 0 bridgehead atoms. The van der Waals surface area contributed by atoms with E-state index >= 15 is 0 Å². The standard InChI is InChI=1S/C22H27NO4/c1-4-26-20-12-17-9-10-23(14-19(17)13-21(20)27-5-2)22(24)18-8-6-7-16(11-18)15-25-3/h6-8,11-13H,4-5,9-10,14-15H2,1-3H3. The van der Waals surface area contributed by atoms with Crippen LogP contribution in [-0.4, -0.2) is 37.7 Å². The molecule has 0 fully saturated rings. The Morgan fingerprint density at radius 1 is 1.04 bits per heavy atom. The number of hydrogen-bond acceptors (Lipinski definition) is 4. The van der Waals surface area contributed by atoms with Crippen LogP contribution in [0.5, 0.6) is 11.5 Å². The van der Waals surface area contributed by atoms with Crippen molar-refractivity contribution in [2.24, 2.45) is 0 Å². The first-order valence-corrected chi connectivity index (χ1v) is 9.44. The van der Waals surface area contributed by atoms with E-state index in [1.807, 2.05) is 49.1 Å². The van der Waals surface area contributed by atoms with E-state index < -0.39 is 0 Å². The summed E-state index contributed by atoms with van der Waals surface area (Å²) in [4.78, 5) is 14.9. The van der Waals surface area contributed by atoms with Crippen molar-refractivity contribution in [3.8, 4) is 11.5 Å². The lowest BCUT2D eigenvalue weighted by Gasteiger charge is -2.30. The zero-order valence-corrected chi connectivity index (χ0v) is 16.3. The van der Waals surface area contributed by atoms with Gasteiger partial charge in [-0.05, 0) is 61.2 Å². The molecule has 1 heterocycles. The van der Waals surface area contributed by atoms with Crippen molar-refractivity contribution in [3.63, 3.8) is 0 Å². The molecule has 0 atom stereocenters. The van der Waals surface area contributed by atoms with E-state index in [-0.39, 0.29) is 5.91 Å². The third-order valence-corrected chi connectivity index (χ3v) is 4.65. The van der Waals surface area contributed by atoms with E-state index in [2.05, 4.69) is 6.07 Å². The lowest BCUT2D eigenvalue weighted by molar-refractivity contribution is 0.0734. The molecule has 0 saturated carbocycles. The average Bonchev–Trinajstić information content (AvgIpc) is 2.68. The molecule has 0 aromatic heterocycles. The minimum atomic E-state index is 0.0467. The fraction of sp³-hybridized carbons (Fsp3) is 0.409. The third kappa shape index (κ3) is 4.42. The van der Waals surface area contributed by atoms with Gasteiger partial charge in [-0.2, -0.15) is 0 Å². The van der Waals surface area contributed by atoms with Gasteiger partial charge in [0.15, 0.2) is 11.5 Å². The summed E-state index contributed by atoms with van der Waals surface area (Å²) < 4.78 is 16.6. The van der Waals surface area contributed by atoms with Gasteiger partial charge in [-0.1, -0.05) is 12.1 Å². The number of ether oxygens (including phenoxy) is 3. The predicted octanol–water partition coefficient (Wildman–Crippen LogP) is 3.83. The number of rotatable bonds is 7. The maximum absolute atomic E-state index is 13.0. The second kappa shape index (κ2) is 8.91. The number of fused-ring (bicyclic) bond motifs is 1. The Balaban J connectivity index is 1.81. The maximum atomic E-state index is 13.0. The molecule has 2 aromatic carbocycles. The highest BCUT2D eigenvalue weighted by Crippen LogP contribution is 2.34. The van der Waals surface area contributed by atoms with Crippen LogP contribution in [-0.2, 0) is 24.3 Å². The molecular formula is C22H27NO4. The molecule has 0 radical (unpaired) electrons. The van der Waals surface area contributed by atoms with Gasteiger partial charge in [0.05, 0.1) is 19.8 Å². The smallest absolute Gasteiger partial charge is 0.254 e. The van der Waals surface area contributed by atoms with Gasteiger partial charge in [-0.15, -0.1) is 0 Å². The number of amides is 1. The zero-order valence-electron chi connectivity index (χ0n) is 16.3. The van der Waals surface area contributed by atoms with Crippen LogP contribution in [0.2, 0.25) is 0 Å². The second-order valence-corrected chi connectivity index (χ2v) is 6.54. The van der Waals surface area contributed by atoms with Crippen LogP contribution in [0.3, 0.4) is 0 Å². The number of hydrogen-bond donors (Lipinski definition) is 0. The van der Waals surface area contributed by atoms with Gasteiger partial charge in [0, 0.05) is 25.8 Å². The molecule has 0 saturated heterocycles. The third-order valence-electron chi connectivity index (χ3n) is 4.65. The highest BCUT2D eigenvalue weighted by Gasteiger charge is 2.24. The predicted molar refractivity (Wildman–Crippen MR) is 104 cm³/mol. The molecule has 1 aliphatic heterocycles. The van der Waals surface area contributed by atoms with Crippen molar-refractivity contribution in [1.82, 2.24) is 4.90 Å². The minimum absolute atomic E-state index is 0.0467. The first-order chi connectivity index (χ1) is 13.2. The highest BCUT2D eigenvalue weighted by atomic mass is 16.5. The fourth-order valence-electron chi connectivity index (χ4n) is 3.42. The molecule has 2 aromatic rings. The summed E-state index contributed by atoms with van der Waals surface area (Å²) in [6, 6.07) is 11.7. The summed E-state index contributed by atoms with van der Waals surface area (Å²) in [7, 11) is 1.66. The van der Waals surface area contributed by atoms with E-state index in [1.54, 1.807) is 7.11 Å². The van der Waals surface area contributed by atoms with Crippen molar-refractivity contribution < 1.29 is 19.0 Å². The Labute approximate surface area is 160 Å². The first kappa shape index (κ1) is 19.2. The van der Waals surface area contributed by atoms with Crippen LogP contribution in [0.25, 0.3) is 0 Å². The molecule has 1 aliphatic rings. The van der Waals surface area contributed by atoms with Crippen LogP contribution in [0.4, 0.5) is 0 Å². The minimum Gasteiger partial charge on any atom is -0.490 e. The Hall–Kier alpha value is -2.53. The summed E-state index contributed by atoms with van der Waals surface area (Å²) in [5, 5.41) is 0. The van der Waals surface area contributed by atoms with Crippen LogP contribution in [0.1, 0.15) is 40.9 Å². The van der Waals surface area contributed by atoms with Gasteiger partial charge in [0.1, 0.15) is 0 Å². The van der Waals surface area contributed by atoms with E-state index in [1.165, 1.54) is 5.56 Å². The molecule has 0 unspecified atom stereocenters. The van der Waals surface area contributed by atoms with E-state index in [9.17, 15) is 4.79 Å². The van der Waals surface area contributed by atoms with Crippen LogP contribution in [0, 0.1) is 0 Å². The number of methoxy groups -OCH3 is 1. The molecule has 144 valence electrons. The Morgan fingerprint density at radius 3 is 2.41 bits per heavy atom. The molecule has 1 amide bonds. The SMILES string of the molecule is CCOc1cc2c(cc1OCC)CN(C(=O)c1cccc(COC)c1)CC2. The van der Waals surface area contributed by atoms with Crippen molar-refractivity contribution >= 4 is 5.91 Å². The lowest BCUT2D eigenvalue weighted by Crippen LogP contribution is -2.36. The highest BCUT2D eigenvalue weighted by molar-refractivity contribution is 5.94. The van der Waals surface area contributed by atoms with Gasteiger partial charge >= 0.3 is 0 Å². The number of carbonyl (C=O) groups excluding carboxylic acids is 1.